The third-order valence-corrected chi connectivity index (χ3v) is 4.50. The Hall–Kier alpha value is -1.74. The molecule has 3 nitrogen and oxygen atoms in total. The van der Waals surface area contributed by atoms with E-state index < -0.39 is 5.54 Å². The van der Waals surface area contributed by atoms with Crippen LogP contribution >= 0.6 is 0 Å². The molecule has 0 saturated heterocycles. The molecule has 0 fully saturated rings. The van der Waals surface area contributed by atoms with Crippen LogP contribution in [-0.2, 0) is 0 Å². The van der Waals surface area contributed by atoms with Gasteiger partial charge in [0.15, 0.2) is 5.78 Å². The Morgan fingerprint density at radius 2 is 1.90 bits per heavy atom. The van der Waals surface area contributed by atoms with Crippen LogP contribution < -0.4 is 0 Å². The lowest BCUT2D eigenvalue weighted by molar-refractivity contribution is 0.0608. The van der Waals surface area contributed by atoms with E-state index in [4.69, 9.17) is 0 Å². The van der Waals surface area contributed by atoms with Gasteiger partial charge in [0.25, 0.3) is 0 Å². The van der Waals surface area contributed by atoms with Gasteiger partial charge in [0.1, 0.15) is 0 Å². The van der Waals surface area contributed by atoms with E-state index in [1.54, 1.807) is 6.20 Å². The molecule has 0 aliphatic rings. The highest BCUT2D eigenvalue weighted by molar-refractivity contribution is 6.05. The van der Waals surface area contributed by atoms with Gasteiger partial charge in [-0.05, 0) is 50.7 Å². The van der Waals surface area contributed by atoms with E-state index in [0.717, 1.165) is 36.0 Å². The number of carbonyl (C=O) groups is 1. The van der Waals surface area contributed by atoms with Gasteiger partial charge in [-0.15, -0.1) is 0 Å². The van der Waals surface area contributed by atoms with Crippen LogP contribution in [0, 0.1) is 0 Å². The highest BCUT2D eigenvalue weighted by atomic mass is 16.1. The van der Waals surface area contributed by atoms with Gasteiger partial charge in [0, 0.05) is 17.1 Å². The van der Waals surface area contributed by atoms with E-state index in [1.807, 2.05) is 30.3 Å². The monoisotopic (exact) mass is 284 g/mol. The second kappa shape index (κ2) is 6.35. The topological polar surface area (TPSA) is 33.2 Å². The van der Waals surface area contributed by atoms with Crippen molar-refractivity contribution in [3.05, 3.63) is 42.1 Å². The highest BCUT2D eigenvalue weighted by Gasteiger charge is 2.36. The lowest BCUT2D eigenvalue weighted by Crippen LogP contribution is -2.51. The first-order chi connectivity index (χ1) is 10.1. The molecule has 1 atom stereocenters. The maximum absolute atomic E-state index is 13.0. The number of nitrogens with zero attached hydrogens (tertiary/aromatic N) is 2. The van der Waals surface area contributed by atoms with Gasteiger partial charge in [0.05, 0.1) is 11.1 Å². The number of hydrogen-bond donors (Lipinski definition) is 0. The molecule has 0 aliphatic heterocycles. The smallest absolute Gasteiger partial charge is 0.182 e. The van der Waals surface area contributed by atoms with Crippen LogP contribution in [0.3, 0.4) is 0 Å². The van der Waals surface area contributed by atoms with Crippen LogP contribution in [0.4, 0.5) is 0 Å². The summed E-state index contributed by atoms with van der Waals surface area (Å²) in [7, 11) is 0. The largest absolute Gasteiger partial charge is 0.292 e. The molecule has 112 valence electrons. The van der Waals surface area contributed by atoms with Gasteiger partial charge in [-0.2, -0.15) is 0 Å². The number of hydrogen-bond acceptors (Lipinski definition) is 3. The van der Waals surface area contributed by atoms with Crippen molar-refractivity contribution in [3.8, 4) is 0 Å². The minimum absolute atomic E-state index is 0.194. The molecule has 0 amide bonds. The number of aromatic nitrogens is 1. The molecule has 1 unspecified atom stereocenters. The van der Waals surface area contributed by atoms with Crippen molar-refractivity contribution in [3.63, 3.8) is 0 Å². The first kappa shape index (κ1) is 15.6. The molecule has 2 rings (SSSR count). The summed E-state index contributed by atoms with van der Waals surface area (Å²) in [6.45, 7) is 10.1. The fourth-order valence-electron chi connectivity index (χ4n) is 2.98. The molecule has 0 aliphatic carbocycles. The van der Waals surface area contributed by atoms with E-state index in [0.29, 0.717) is 0 Å². The summed E-state index contributed by atoms with van der Waals surface area (Å²) >= 11 is 0. The molecule has 1 aromatic heterocycles. The molecule has 0 spiro atoms. The van der Waals surface area contributed by atoms with Gasteiger partial charge < -0.3 is 0 Å². The third kappa shape index (κ3) is 2.84. The van der Waals surface area contributed by atoms with Gasteiger partial charge in [-0.3, -0.25) is 14.7 Å². The highest BCUT2D eigenvalue weighted by Crippen LogP contribution is 2.26. The van der Waals surface area contributed by atoms with E-state index in [-0.39, 0.29) is 5.78 Å². The quantitative estimate of drug-likeness (QED) is 0.754. The number of fused-ring (bicyclic) bond motifs is 1. The lowest BCUT2D eigenvalue weighted by Gasteiger charge is -2.38. The first-order valence-corrected chi connectivity index (χ1v) is 7.71. The summed E-state index contributed by atoms with van der Waals surface area (Å²) in [6.07, 6.45) is 2.58. The molecule has 0 bridgehead atoms. The van der Waals surface area contributed by atoms with E-state index >= 15 is 0 Å². The van der Waals surface area contributed by atoms with Crippen molar-refractivity contribution in [2.45, 2.75) is 39.7 Å². The zero-order chi connectivity index (χ0) is 15.5. The van der Waals surface area contributed by atoms with Gasteiger partial charge in [0.2, 0.25) is 0 Å². The first-order valence-electron chi connectivity index (χ1n) is 7.71. The number of carbonyl (C=O) groups excluding carboxylic acids is 1. The number of likely N-dealkylation sites (N-methyl/N-ethyl adjacent to an activating group) is 1. The summed E-state index contributed by atoms with van der Waals surface area (Å²) < 4.78 is 0. The van der Waals surface area contributed by atoms with Crippen LogP contribution in [0.15, 0.2) is 36.5 Å². The number of rotatable bonds is 6. The Morgan fingerprint density at radius 1 is 1.19 bits per heavy atom. The maximum Gasteiger partial charge on any atom is 0.182 e. The average Bonchev–Trinajstić information content (AvgIpc) is 2.54. The summed E-state index contributed by atoms with van der Waals surface area (Å²) in [5.41, 5.74) is 1.25. The zero-order valence-electron chi connectivity index (χ0n) is 13.4. The summed E-state index contributed by atoms with van der Waals surface area (Å²) in [6, 6.07) is 9.69. The molecule has 0 saturated carbocycles. The second-order valence-corrected chi connectivity index (χ2v) is 5.54. The van der Waals surface area contributed by atoms with Crippen LogP contribution in [0.1, 0.15) is 44.5 Å². The fourth-order valence-corrected chi connectivity index (χ4v) is 2.98. The van der Waals surface area contributed by atoms with Crippen LogP contribution in [0.5, 0.6) is 0 Å². The summed E-state index contributed by atoms with van der Waals surface area (Å²) in [5, 5.41) is 1.02. The Bertz CT molecular complexity index is 634. The standard InChI is InChI=1S/C18H24N2O/c1-5-18(4,20(6-2)7-3)17(21)15-10-11-16-14(13-15)9-8-12-19-16/h8-13H,5-7H2,1-4H3. The van der Waals surface area contributed by atoms with Gasteiger partial charge in [-0.1, -0.05) is 26.8 Å². The Balaban J connectivity index is 2.44. The Kier molecular flexibility index (Phi) is 4.73. The SMILES string of the molecule is CCN(CC)C(C)(CC)C(=O)c1ccc2ncccc2c1. The number of benzene rings is 1. The van der Waals surface area contributed by atoms with Gasteiger partial charge >= 0.3 is 0 Å². The molecule has 3 heteroatoms. The van der Waals surface area contributed by atoms with E-state index in [2.05, 4.69) is 37.6 Å². The summed E-state index contributed by atoms with van der Waals surface area (Å²) in [5.74, 6) is 0.194. The number of Topliss-reactive ketones (excluding diaryl/α,β-unsaturated/α-hetero) is 1. The van der Waals surface area contributed by atoms with Crippen molar-refractivity contribution in [1.82, 2.24) is 9.88 Å². The molecule has 0 N–H and O–H groups in total. The maximum atomic E-state index is 13.0. The molecular formula is C18H24N2O. The minimum atomic E-state index is -0.445. The van der Waals surface area contributed by atoms with Gasteiger partial charge in [-0.25, -0.2) is 0 Å². The minimum Gasteiger partial charge on any atom is -0.292 e. The molecule has 0 radical (unpaired) electrons. The molecule has 2 aromatic rings. The van der Waals surface area contributed by atoms with E-state index in [9.17, 15) is 4.79 Å². The predicted molar refractivity (Wildman–Crippen MR) is 87.7 cm³/mol. The van der Waals surface area contributed by atoms with Crippen molar-refractivity contribution < 1.29 is 4.79 Å². The number of ketones is 1. The third-order valence-electron chi connectivity index (χ3n) is 4.50. The summed E-state index contributed by atoms with van der Waals surface area (Å²) in [4.78, 5) is 19.6. The molecule has 1 heterocycles. The normalized spacial score (nSPS) is 14.3. The lowest BCUT2D eigenvalue weighted by atomic mass is 9.86. The van der Waals surface area contributed by atoms with Crippen molar-refractivity contribution in [1.29, 1.82) is 0 Å². The molecular weight excluding hydrogens is 260 g/mol. The average molecular weight is 284 g/mol. The second-order valence-electron chi connectivity index (χ2n) is 5.54. The van der Waals surface area contributed by atoms with Crippen molar-refractivity contribution >= 4 is 16.7 Å². The van der Waals surface area contributed by atoms with Crippen molar-refractivity contribution in [2.24, 2.45) is 0 Å². The Labute approximate surface area is 127 Å². The number of pyridine rings is 1. The van der Waals surface area contributed by atoms with E-state index in [1.165, 1.54) is 0 Å². The van der Waals surface area contributed by atoms with Crippen LogP contribution in [-0.4, -0.2) is 34.3 Å². The van der Waals surface area contributed by atoms with Crippen LogP contribution in [0.2, 0.25) is 0 Å². The predicted octanol–water partition coefficient (Wildman–Crippen LogP) is 3.93. The Morgan fingerprint density at radius 3 is 2.52 bits per heavy atom. The van der Waals surface area contributed by atoms with Crippen molar-refractivity contribution in [2.75, 3.05) is 13.1 Å². The molecule has 1 aromatic carbocycles. The van der Waals surface area contributed by atoms with Crippen LogP contribution in [0.25, 0.3) is 10.9 Å². The zero-order valence-corrected chi connectivity index (χ0v) is 13.4. The fraction of sp³-hybridized carbons (Fsp3) is 0.444. The molecule has 21 heavy (non-hydrogen) atoms.